The van der Waals surface area contributed by atoms with E-state index < -0.39 is 18.0 Å². The molecular weight excluding hydrogens is 352 g/mol. The number of ether oxygens (including phenoxy) is 2. The normalized spacial score (nSPS) is 11.8. The van der Waals surface area contributed by atoms with Crippen LogP contribution in [0.25, 0.3) is 0 Å². The van der Waals surface area contributed by atoms with E-state index in [1.165, 1.54) is 18.3 Å². The summed E-state index contributed by atoms with van der Waals surface area (Å²) in [5.41, 5.74) is 1.59. The Morgan fingerprint density at radius 2 is 2.17 bits per heavy atom. The van der Waals surface area contributed by atoms with Crippen LogP contribution < -0.4 is 5.32 Å². The average molecular weight is 369 g/mol. The number of hydrogen-bond acceptors (Lipinski definition) is 6. The Morgan fingerprint density at radius 1 is 1.42 bits per heavy atom. The Hall–Kier alpha value is -1.96. The van der Waals surface area contributed by atoms with Crippen molar-refractivity contribution < 1.29 is 19.1 Å². The van der Waals surface area contributed by atoms with Gasteiger partial charge in [-0.2, -0.15) is 0 Å². The molecular formula is C16H17ClN2O4S. The van der Waals surface area contributed by atoms with Crippen molar-refractivity contribution in [2.24, 2.45) is 0 Å². The van der Waals surface area contributed by atoms with E-state index in [9.17, 15) is 9.59 Å². The molecule has 1 aromatic carbocycles. The first kappa shape index (κ1) is 18.4. The molecule has 0 saturated heterocycles. The highest BCUT2D eigenvalue weighted by Crippen LogP contribution is 2.20. The quantitative estimate of drug-likeness (QED) is 0.790. The highest BCUT2D eigenvalue weighted by Gasteiger charge is 2.21. The highest BCUT2D eigenvalue weighted by molar-refractivity contribution is 7.09. The predicted octanol–water partition coefficient (Wildman–Crippen LogP) is 3.44. The van der Waals surface area contributed by atoms with Crippen LogP contribution in [-0.2, 0) is 20.9 Å². The van der Waals surface area contributed by atoms with Gasteiger partial charge in [-0.1, -0.05) is 17.7 Å². The van der Waals surface area contributed by atoms with Crippen molar-refractivity contribution in [3.05, 3.63) is 44.9 Å². The van der Waals surface area contributed by atoms with Gasteiger partial charge >= 0.3 is 5.97 Å². The zero-order chi connectivity index (χ0) is 17.7. The van der Waals surface area contributed by atoms with Gasteiger partial charge in [0.15, 0.2) is 11.8 Å². The van der Waals surface area contributed by atoms with Crippen molar-refractivity contribution in [1.29, 1.82) is 0 Å². The fourth-order valence-corrected chi connectivity index (χ4v) is 2.74. The van der Waals surface area contributed by atoms with Crippen LogP contribution >= 0.6 is 22.9 Å². The molecule has 8 heteroatoms. The van der Waals surface area contributed by atoms with Gasteiger partial charge in [-0.05, 0) is 31.5 Å². The van der Waals surface area contributed by atoms with Crippen molar-refractivity contribution in [3.8, 4) is 0 Å². The number of hydrogen-bond donors (Lipinski definition) is 1. The fourth-order valence-electron chi connectivity index (χ4n) is 1.83. The van der Waals surface area contributed by atoms with Gasteiger partial charge in [-0.25, -0.2) is 9.78 Å². The molecule has 0 bridgehead atoms. The largest absolute Gasteiger partial charge is 0.448 e. The summed E-state index contributed by atoms with van der Waals surface area (Å²) >= 11 is 7.21. The summed E-state index contributed by atoms with van der Waals surface area (Å²) in [5.74, 6) is -1.10. The van der Waals surface area contributed by atoms with Gasteiger partial charge < -0.3 is 14.8 Å². The molecule has 2 aromatic rings. The predicted molar refractivity (Wildman–Crippen MR) is 92.5 cm³/mol. The molecule has 1 heterocycles. The lowest BCUT2D eigenvalue weighted by molar-refractivity contribution is -0.123. The number of esters is 1. The van der Waals surface area contributed by atoms with E-state index >= 15 is 0 Å². The second kappa shape index (κ2) is 8.23. The molecule has 0 saturated carbocycles. The number of methoxy groups -OCH3 is 1. The van der Waals surface area contributed by atoms with Crippen LogP contribution in [0.4, 0.5) is 5.69 Å². The van der Waals surface area contributed by atoms with Crippen molar-refractivity contribution in [2.75, 3.05) is 12.4 Å². The third-order valence-electron chi connectivity index (χ3n) is 3.14. The van der Waals surface area contributed by atoms with Crippen LogP contribution in [0.15, 0.2) is 23.6 Å². The molecule has 0 spiro atoms. The Labute approximate surface area is 148 Å². The average Bonchev–Trinajstić information content (AvgIpc) is 3.00. The topological polar surface area (TPSA) is 77.5 Å². The maximum atomic E-state index is 12.2. The molecule has 0 fully saturated rings. The molecule has 1 atom stereocenters. The van der Waals surface area contributed by atoms with Gasteiger partial charge in [0.2, 0.25) is 0 Å². The van der Waals surface area contributed by atoms with Gasteiger partial charge in [0.1, 0.15) is 5.01 Å². The van der Waals surface area contributed by atoms with Crippen LogP contribution in [0.3, 0.4) is 0 Å². The maximum absolute atomic E-state index is 12.2. The number of amides is 1. The molecule has 1 amide bonds. The number of rotatable bonds is 6. The van der Waals surface area contributed by atoms with Crippen molar-refractivity contribution in [2.45, 2.75) is 26.6 Å². The lowest BCUT2D eigenvalue weighted by Crippen LogP contribution is -2.30. The summed E-state index contributed by atoms with van der Waals surface area (Å²) in [6.07, 6.45) is -0.969. The lowest BCUT2D eigenvalue weighted by Gasteiger charge is -2.14. The lowest BCUT2D eigenvalue weighted by atomic mass is 10.2. The monoisotopic (exact) mass is 368 g/mol. The second-order valence-electron chi connectivity index (χ2n) is 5.06. The maximum Gasteiger partial charge on any atom is 0.358 e. The number of aromatic nitrogens is 1. The molecule has 1 unspecified atom stereocenters. The molecule has 24 heavy (non-hydrogen) atoms. The summed E-state index contributed by atoms with van der Waals surface area (Å²) in [6.45, 7) is 3.66. The molecule has 128 valence electrons. The van der Waals surface area contributed by atoms with E-state index in [-0.39, 0.29) is 5.69 Å². The minimum Gasteiger partial charge on any atom is -0.448 e. The summed E-state index contributed by atoms with van der Waals surface area (Å²) in [6, 6.07) is 5.16. The van der Waals surface area contributed by atoms with Crippen LogP contribution in [0.1, 0.15) is 28.0 Å². The Morgan fingerprint density at radius 3 is 2.88 bits per heavy atom. The van der Waals surface area contributed by atoms with Crippen molar-refractivity contribution >= 4 is 40.5 Å². The zero-order valence-electron chi connectivity index (χ0n) is 13.5. The molecule has 0 radical (unpaired) electrons. The van der Waals surface area contributed by atoms with Crippen LogP contribution in [0.5, 0.6) is 0 Å². The minimum absolute atomic E-state index is 0.158. The molecule has 0 aliphatic rings. The molecule has 0 aliphatic heterocycles. The van der Waals surface area contributed by atoms with Gasteiger partial charge in [0.05, 0.1) is 6.61 Å². The number of nitrogens with zero attached hydrogens (tertiary/aromatic N) is 1. The van der Waals surface area contributed by atoms with E-state index in [0.717, 1.165) is 5.56 Å². The second-order valence-corrected chi connectivity index (χ2v) is 6.43. The van der Waals surface area contributed by atoms with Gasteiger partial charge in [0.25, 0.3) is 5.91 Å². The third kappa shape index (κ3) is 4.77. The minimum atomic E-state index is -0.969. The van der Waals surface area contributed by atoms with E-state index in [1.54, 1.807) is 30.7 Å². The van der Waals surface area contributed by atoms with E-state index in [4.69, 9.17) is 21.1 Å². The molecule has 1 N–H and O–H groups in total. The van der Waals surface area contributed by atoms with Gasteiger partial charge in [-0.15, -0.1) is 11.3 Å². The SMILES string of the molecule is COCc1nc(C(=O)OC(C)C(=O)Nc2cc(Cl)ccc2C)cs1. The van der Waals surface area contributed by atoms with Gasteiger partial charge in [-0.3, -0.25) is 4.79 Å². The number of aryl methyl sites for hydroxylation is 1. The number of thiazole rings is 1. The Bertz CT molecular complexity index is 747. The zero-order valence-corrected chi connectivity index (χ0v) is 15.0. The molecule has 1 aromatic heterocycles. The third-order valence-corrected chi connectivity index (χ3v) is 4.20. The highest BCUT2D eigenvalue weighted by atomic mass is 35.5. The smallest absolute Gasteiger partial charge is 0.358 e. The first-order valence-corrected chi connectivity index (χ1v) is 8.37. The number of benzene rings is 1. The number of carbonyl (C=O) groups is 2. The summed E-state index contributed by atoms with van der Waals surface area (Å²) in [5, 5.41) is 5.44. The summed E-state index contributed by atoms with van der Waals surface area (Å²) in [4.78, 5) is 28.3. The molecule has 2 rings (SSSR count). The van der Waals surface area contributed by atoms with E-state index in [1.807, 2.05) is 6.92 Å². The van der Waals surface area contributed by atoms with Gasteiger partial charge in [0, 0.05) is 23.2 Å². The van der Waals surface area contributed by atoms with Crippen LogP contribution in [-0.4, -0.2) is 30.1 Å². The van der Waals surface area contributed by atoms with Crippen molar-refractivity contribution in [3.63, 3.8) is 0 Å². The Kier molecular flexibility index (Phi) is 6.30. The number of halogens is 1. The first-order valence-electron chi connectivity index (χ1n) is 7.12. The molecule has 0 aliphatic carbocycles. The fraction of sp³-hybridized carbons (Fsp3) is 0.312. The first-order chi connectivity index (χ1) is 11.4. The summed E-state index contributed by atoms with van der Waals surface area (Å²) in [7, 11) is 1.55. The number of carbonyl (C=O) groups excluding carboxylic acids is 2. The number of anilines is 1. The van der Waals surface area contributed by atoms with E-state index in [0.29, 0.717) is 22.3 Å². The Balaban J connectivity index is 1.97. The van der Waals surface area contributed by atoms with Crippen molar-refractivity contribution in [1.82, 2.24) is 4.98 Å². The van der Waals surface area contributed by atoms with E-state index in [2.05, 4.69) is 10.3 Å². The standard InChI is InChI=1S/C16H17ClN2O4S/c1-9-4-5-11(17)6-12(9)19-15(20)10(2)23-16(21)13-8-24-14(18-13)7-22-3/h4-6,8,10H,7H2,1-3H3,(H,19,20). The molecule has 6 nitrogen and oxygen atoms in total. The number of nitrogens with one attached hydrogen (secondary N) is 1. The summed E-state index contributed by atoms with van der Waals surface area (Å²) < 4.78 is 10.1. The van der Waals surface area contributed by atoms with Crippen LogP contribution in [0, 0.1) is 6.92 Å². The van der Waals surface area contributed by atoms with Crippen LogP contribution in [0.2, 0.25) is 5.02 Å².